The van der Waals surface area contributed by atoms with E-state index in [4.69, 9.17) is 28.1 Å². The van der Waals surface area contributed by atoms with Gasteiger partial charge in [0.05, 0.1) is 7.11 Å². The van der Waals surface area contributed by atoms with Crippen molar-refractivity contribution in [3.8, 4) is 40.1 Å². The average Bonchev–Trinajstić information content (AvgIpc) is 3.01. The van der Waals surface area contributed by atoms with Crippen LogP contribution in [-0.2, 0) is 19.1 Å². The summed E-state index contributed by atoms with van der Waals surface area (Å²) in [5.74, 6) is -6.09. The van der Waals surface area contributed by atoms with E-state index >= 15 is 0 Å². The van der Waals surface area contributed by atoms with Crippen molar-refractivity contribution in [1.82, 2.24) is 0 Å². The number of aliphatic hydroxyl groups excluding tert-OH is 6. The fraction of sp³-hybridized carbons (Fsp3) is 0.393. The van der Waals surface area contributed by atoms with Gasteiger partial charge in [0.1, 0.15) is 64.9 Å². The van der Waals surface area contributed by atoms with E-state index in [0.717, 1.165) is 31.4 Å². The first-order valence-corrected chi connectivity index (χ1v) is 13.5. The standard InChI is InChI=1S/C28H28O19/c1-42-13-2-7(3-14(16(13)31)45-28-22(37)18(33)20(35)24(47-28)26(40)41)11-6-10(30)15-9(29)4-8(5-12(15)44-11)43-27-21(36)17(32)19(34)23(46-27)25(38)39/h2-6,17-24,27-29,31-37H,1H3,(H,38,39)(H,40,41). The van der Waals surface area contributed by atoms with Gasteiger partial charge < -0.3 is 79.2 Å². The highest BCUT2D eigenvalue weighted by atomic mass is 16.7. The molecule has 2 aliphatic heterocycles. The Bertz CT molecular complexity index is 1740. The summed E-state index contributed by atoms with van der Waals surface area (Å²) < 4.78 is 32.0. The molecule has 19 nitrogen and oxygen atoms in total. The maximum Gasteiger partial charge on any atom is 0.335 e. The number of hydrogen-bond acceptors (Lipinski definition) is 17. The number of carboxylic acids is 2. The molecule has 3 aromatic rings. The minimum atomic E-state index is -2.02. The number of aliphatic hydroxyl groups is 6. The third-order valence-corrected chi connectivity index (χ3v) is 7.45. The number of aromatic hydroxyl groups is 2. The molecule has 2 aromatic carbocycles. The van der Waals surface area contributed by atoms with E-state index in [2.05, 4.69) is 0 Å². The van der Waals surface area contributed by atoms with Crippen LogP contribution >= 0.6 is 0 Å². The van der Waals surface area contributed by atoms with Gasteiger partial charge >= 0.3 is 11.9 Å². The third kappa shape index (κ3) is 6.21. The zero-order valence-electron chi connectivity index (χ0n) is 23.8. The topological polar surface area (TPSA) is 313 Å². The Balaban J connectivity index is 1.51. The molecule has 0 amide bonds. The molecule has 0 radical (unpaired) electrons. The van der Waals surface area contributed by atoms with Crippen molar-refractivity contribution in [2.24, 2.45) is 0 Å². The van der Waals surface area contributed by atoms with Gasteiger partial charge in [0.25, 0.3) is 0 Å². The van der Waals surface area contributed by atoms with Gasteiger partial charge in [0, 0.05) is 23.8 Å². The lowest BCUT2D eigenvalue weighted by Gasteiger charge is -2.38. The van der Waals surface area contributed by atoms with Crippen LogP contribution in [0.25, 0.3) is 22.3 Å². The Labute approximate surface area is 261 Å². The molecular weight excluding hydrogens is 640 g/mol. The molecule has 2 saturated heterocycles. The number of aliphatic carboxylic acids is 2. The lowest BCUT2D eigenvalue weighted by molar-refractivity contribution is -0.271. The lowest BCUT2D eigenvalue weighted by atomic mass is 9.99. The zero-order valence-corrected chi connectivity index (χ0v) is 23.8. The van der Waals surface area contributed by atoms with Gasteiger partial charge in [-0.1, -0.05) is 0 Å². The molecule has 19 heteroatoms. The molecular formula is C28H28O19. The fourth-order valence-corrected chi connectivity index (χ4v) is 4.98. The monoisotopic (exact) mass is 668 g/mol. The molecule has 1 aromatic heterocycles. The molecule has 0 bridgehead atoms. The number of ether oxygens (including phenoxy) is 5. The van der Waals surface area contributed by atoms with Gasteiger partial charge in [-0.05, 0) is 12.1 Å². The summed E-state index contributed by atoms with van der Waals surface area (Å²) in [6.45, 7) is 0. The number of phenolic OH excluding ortho intramolecular Hbond substituents is 2. The van der Waals surface area contributed by atoms with Crippen molar-refractivity contribution in [2.75, 3.05) is 7.11 Å². The second kappa shape index (κ2) is 12.8. The van der Waals surface area contributed by atoms with Gasteiger partial charge in [0.15, 0.2) is 29.1 Å². The normalized spacial score (nSPS) is 30.9. The van der Waals surface area contributed by atoms with E-state index in [1.54, 1.807) is 0 Å². The van der Waals surface area contributed by atoms with Gasteiger partial charge in [-0.25, -0.2) is 9.59 Å². The molecule has 10 atom stereocenters. The van der Waals surface area contributed by atoms with Crippen LogP contribution in [0.1, 0.15) is 0 Å². The first-order valence-electron chi connectivity index (χ1n) is 13.5. The van der Waals surface area contributed by atoms with Gasteiger partial charge in [-0.15, -0.1) is 0 Å². The Hall–Kier alpha value is -4.73. The molecule has 2 aliphatic rings. The van der Waals surface area contributed by atoms with Crippen LogP contribution in [0, 0.1) is 0 Å². The lowest BCUT2D eigenvalue weighted by Crippen LogP contribution is -2.61. The van der Waals surface area contributed by atoms with E-state index in [9.17, 15) is 65.4 Å². The van der Waals surface area contributed by atoms with Gasteiger partial charge in [0.2, 0.25) is 18.3 Å². The number of fused-ring (bicyclic) bond motifs is 1. The molecule has 2 fully saturated rings. The first-order chi connectivity index (χ1) is 22.1. The van der Waals surface area contributed by atoms with Crippen LogP contribution in [0.15, 0.2) is 39.5 Å². The predicted molar refractivity (Wildman–Crippen MR) is 148 cm³/mol. The Morgan fingerprint density at radius 1 is 0.702 bits per heavy atom. The van der Waals surface area contributed by atoms with Crippen molar-refractivity contribution < 1.29 is 88.8 Å². The highest BCUT2D eigenvalue weighted by molar-refractivity contribution is 5.86. The van der Waals surface area contributed by atoms with Gasteiger partial charge in [-0.2, -0.15) is 0 Å². The maximum atomic E-state index is 13.1. The fourth-order valence-electron chi connectivity index (χ4n) is 4.98. The number of hydrogen-bond donors (Lipinski definition) is 10. The summed E-state index contributed by atoms with van der Waals surface area (Å²) in [5.41, 5.74) is -1.16. The van der Waals surface area contributed by atoms with Crippen LogP contribution in [0.4, 0.5) is 0 Å². The second-order valence-corrected chi connectivity index (χ2v) is 10.5. The number of benzene rings is 2. The summed E-state index contributed by atoms with van der Waals surface area (Å²) in [4.78, 5) is 35.9. The number of rotatable bonds is 8. The Morgan fingerprint density at radius 2 is 1.23 bits per heavy atom. The van der Waals surface area contributed by atoms with Crippen LogP contribution in [-0.4, -0.2) is 132 Å². The van der Waals surface area contributed by atoms with Crippen molar-refractivity contribution in [3.05, 3.63) is 40.6 Å². The van der Waals surface area contributed by atoms with Crippen molar-refractivity contribution in [1.29, 1.82) is 0 Å². The smallest absolute Gasteiger partial charge is 0.335 e. The Morgan fingerprint density at radius 3 is 1.77 bits per heavy atom. The summed E-state index contributed by atoms with van der Waals surface area (Å²) in [5, 5.41) is 100. The van der Waals surface area contributed by atoms with Crippen molar-refractivity contribution in [3.63, 3.8) is 0 Å². The average molecular weight is 669 g/mol. The van der Waals surface area contributed by atoms with E-state index in [-0.39, 0.29) is 33.8 Å². The molecule has 3 heterocycles. The number of phenols is 2. The molecule has 0 spiro atoms. The molecule has 0 aliphatic carbocycles. The van der Waals surface area contributed by atoms with Crippen LogP contribution in [0.5, 0.6) is 28.7 Å². The zero-order chi connectivity index (χ0) is 34.5. The summed E-state index contributed by atoms with van der Waals surface area (Å²) in [7, 11) is 1.15. The van der Waals surface area contributed by atoms with Crippen LogP contribution < -0.4 is 19.6 Å². The van der Waals surface area contributed by atoms with E-state index in [1.165, 1.54) is 6.07 Å². The molecule has 10 unspecified atom stereocenters. The highest BCUT2D eigenvalue weighted by Gasteiger charge is 2.49. The van der Waals surface area contributed by atoms with Crippen LogP contribution in [0.3, 0.4) is 0 Å². The summed E-state index contributed by atoms with van der Waals surface area (Å²) in [6, 6.07) is 5.17. The Kier molecular flexibility index (Phi) is 9.17. The molecule has 254 valence electrons. The minimum Gasteiger partial charge on any atom is -0.507 e. The number of carboxylic acid groups (broad SMARTS) is 2. The molecule has 47 heavy (non-hydrogen) atoms. The predicted octanol–water partition coefficient (Wildman–Crippen LogP) is -2.58. The molecule has 0 saturated carbocycles. The SMILES string of the molecule is COc1cc(-c2cc(=O)c3c(O)cc(OC4OC(C(=O)O)C(O)C(O)C4O)cc3o2)cc(OC2OC(C(=O)O)C(O)C(O)C2O)c1O. The quantitative estimate of drug-likeness (QED) is 0.118. The number of carbonyl (C=O) groups is 2. The molecule has 5 rings (SSSR count). The first kappa shape index (κ1) is 33.6. The van der Waals surface area contributed by atoms with Gasteiger partial charge in [-0.3, -0.25) is 4.79 Å². The van der Waals surface area contributed by atoms with Crippen LogP contribution in [0.2, 0.25) is 0 Å². The van der Waals surface area contributed by atoms with E-state index < -0.39 is 96.0 Å². The largest absolute Gasteiger partial charge is 0.507 e. The van der Waals surface area contributed by atoms with E-state index in [0.29, 0.717) is 0 Å². The molecule has 10 N–H and O–H groups in total. The van der Waals surface area contributed by atoms with E-state index in [1.807, 2.05) is 0 Å². The van der Waals surface area contributed by atoms with Crippen molar-refractivity contribution >= 4 is 22.9 Å². The second-order valence-electron chi connectivity index (χ2n) is 10.5. The summed E-state index contributed by atoms with van der Waals surface area (Å²) >= 11 is 0. The minimum absolute atomic E-state index is 0.0347. The third-order valence-electron chi connectivity index (χ3n) is 7.45. The highest BCUT2D eigenvalue weighted by Crippen LogP contribution is 2.42. The number of methoxy groups -OCH3 is 1. The van der Waals surface area contributed by atoms with Crippen molar-refractivity contribution in [2.45, 2.75) is 61.4 Å². The maximum absolute atomic E-state index is 13.1. The summed E-state index contributed by atoms with van der Waals surface area (Å²) in [6.07, 6.45) is -19.7.